The number of allylic oxidation sites excluding steroid dienone is 2. The lowest BCUT2D eigenvalue weighted by Gasteiger charge is -2.29. The number of nitrogens with zero attached hydrogens (tertiary/aromatic N) is 1. The van der Waals surface area contributed by atoms with E-state index >= 15 is 0 Å². The third-order valence-electron chi connectivity index (χ3n) is 7.24. The van der Waals surface area contributed by atoms with Gasteiger partial charge in [-0.15, -0.1) is 0 Å². The maximum Gasteiger partial charge on any atom is 0.387 e. The fourth-order valence-electron chi connectivity index (χ4n) is 5.70. The van der Waals surface area contributed by atoms with Crippen LogP contribution in [0.1, 0.15) is 87.1 Å². The maximum atomic E-state index is 12.9. The van der Waals surface area contributed by atoms with Crippen molar-refractivity contribution < 1.29 is 13.5 Å². The Morgan fingerprint density at radius 3 is 2.55 bits per heavy atom. The van der Waals surface area contributed by atoms with Crippen LogP contribution in [0.3, 0.4) is 0 Å². The Labute approximate surface area is 184 Å². The molecule has 0 radical (unpaired) electrons. The molecule has 31 heavy (non-hydrogen) atoms. The quantitative estimate of drug-likeness (QED) is 0.467. The van der Waals surface area contributed by atoms with Crippen molar-refractivity contribution in [3.63, 3.8) is 0 Å². The molecule has 166 valence electrons. The van der Waals surface area contributed by atoms with Crippen LogP contribution in [0.5, 0.6) is 5.75 Å². The van der Waals surface area contributed by atoms with Gasteiger partial charge in [0.05, 0.1) is 5.69 Å². The molecular weight excluding hydrogens is 392 g/mol. The van der Waals surface area contributed by atoms with E-state index in [1.165, 1.54) is 42.4 Å². The summed E-state index contributed by atoms with van der Waals surface area (Å²) >= 11 is 0. The third-order valence-corrected chi connectivity index (χ3v) is 7.24. The molecule has 1 fully saturated rings. The molecule has 0 saturated heterocycles. The highest BCUT2D eigenvalue weighted by Crippen LogP contribution is 2.50. The standard InChI is InChI=1S/C27H33F2NO/c1-4-7-21-22-12-11-20(31-27(28)29)14-24(22)18(3)23(19-8-5-6-9-19)15-25(21)26-13-10-17(2)16-30-26/h10-14,16,18-19,23,27H,4-9,15H2,1-3H3. The molecule has 0 spiro atoms. The third kappa shape index (κ3) is 4.68. The molecule has 0 N–H and O–H groups in total. The number of aryl methyl sites for hydroxylation is 1. The summed E-state index contributed by atoms with van der Waals surface area (Å²) in [6, 6.07) is 9.85. The van der Waals surface area contributed by atoms with E-state index in [2.05, 4.69) is 32.9 Å². The van der Waals surface area contributed by atoms with Gasteiger partial charge in [-0.05, 0) is 83.6 Å². The molecule has 1 saturated carbocycles. The lowest BCUT2D eigenvalue weighted by molar-refractivity contribution is -0.0499. The zero-order valence-electron chi connectivity index (χ0n) is 18.8. The fourth-order valence-corrected chi connectivity index (χ4v) is 5.70. The Morgan fingerprint density at radius 2 is 1.90 bits per heavy atom. The molecule has 2 aliphatic carbocycles. The second-order valence-electron chi connectivity index (χ2n) is 9.26. The smallest absolute Gasteiger partial charge is 0.387 e. The Morgan fingerprint density at radius 1 is 1.13 bits per heavy atom. The minimum Gasteiger partial charge on any atom is -0.435 e. The predicted molar refractivity (Wildman–Crippen MR) is 122 cm³/mol. The number of aromatic nitrogens is 1. The highest BCUT2D eigenvalue weighted by Gasteiger charge is 2.35. The number of alkyl halides is 2. The summed E-state index contributed by atoms with van der Waals surface area (Å²) in [7, 11) is 0. The van der Waals surface area contributed by atoms with E-state index in [9.17, 15) is 8.78 Å². The Hall–Kier alpha value is -2.23. The first kappa shape index (κ1) is 22.0. The number of hydrogen-bond acceptors (Lipinski definition) is 2. The predicted octanol–water partition coefficient (Wildman–Crippen LogP) is 8.02. The van der Waals surface area contributed by atoms with Crippen molar-refractivity contribution >= 4 is 11.1 Å². The van der Waals surface area contributed by atoms with Crippen LogP contribution < -0.4 is 4.74 Å². The molecule has 0 aliphatic heterocycles. The molecule has 1 heterocycles. The lowest BCUT2D eigenvalue weighted by atomic mass is 9.75. The molecule has 1 aromatic heterocycles. The average molecular weight is 426 g/mol. The van der Waals surface area contributed by atoms with Crippen LogP contribution in [0.4, 0.5) is 8.78 Å². The Kier molecular flexibility index (Phi) is 6.74. The first-order valence-corrected chi connectivity index (χ1v) is 11.7. The van der Waals surface area contributed by atoms with Crippen molar-refractivity contribution in [2.75, 3.05) is 0 Å². The van der Waals surface area contributed by atoms with Gasteiger partial charge in [-0.3, -0.25) is 4.98 Å². The highest BCUT2D eigenvalue weighted by molar-refractivity contribution is 5.92. The fraction of sp³-hybridized carbons (Fsp3) is 0.519. The molecule has 2 atom stereocenters. The molecule has 4 rings (SSSR count). The molecule has 2 unspecified atom stereocenters. The van der Waals surface area contributed by atoms with Crippen LogP contribution in [-0.4, -0.2) is 11.6 Å². The van der Waals surface area contributed by atoms with Crippen molar-refractivity contribution in [3.8, 4) is 5.75 Å². The van der Waals surface area contributed by atoms with Crippen LogP contribution in [0.2, 0.25) is 0 Å². The number of ether oxygens (including phenoxy) is 1. The number of hydrogen-bond donors (Lipinski definition) is 0. The Balaban J connectivity index is 1.89. The minimum absolute atomic E-state index is 0.263. The van der Waals surface area contributed by atoms with Crippen LogP contribution in [0.15, 0.2) is 36.5 Å². The van der Waals surface area contributed by atoms with Gasteiger partial charge in [0.25, 0.3) is 0 Å². The molecule has 2 aromatic rings. The summed E-state index contributed by atoms with van der Waals surface area (Å²) in [5.41, 5.74) is 7.22. The minimum atomic E-state index is -2.80. The largest absolute Gasteiger partial charge is 0.435 e. The Bertz CT molecular complexity index is 929. The van der Waals surface area contributed by atoms with Gasteiger partial charge in [-0.25, -0.2) is 0 Å². The van der Waals surface area contributed by atoms with Crippen LogP contribution in [-0.2, 0) is 0 Å². The van der Waals surface area contributed by atoms with Gasteiger partial charge in [0.1, 0.15) is 5.75 Å². The summed E-state index contributed by atoms with van der Waals surface area (Å²) in [6.07, 6.45) is 10.0. The second kappa shape index (κ2) is 9.50. The SMILES string of the molecule is CCCC1=C(c2ccc(C)cn2)CC(C2CCCC2)C(C)c2cc(OC(F)F)ccc21. The molecule has 0 amide bonds. The van der Waals surface area contributed by atoms with E-state index in [0.717, 1.165) is 36.1 Å². The summed E-state index contributed by atoms with van der Waals surface area (Å²) in [5.74, 6) is 1.70. The second-order valence-corrected chi connectivity index (χ2v) is 9.26. The number of fused-ring (bicyclic) bond motifs is 1. The number of halogens is 2. The number of rotatable bonds is 6. The van der Waals surface area contributed by atoms with Gasteiger partial charge >= 0.3 is 6.61 Å². The molecular formula is C27H33F2NO. The number of benzene rings is 1. The van der Waals surface area contributed by atoms with Gasteiger partial charge in [-0.1, -0.05) is 58.1 Å². The summed E-state index contributed by atoms with van der Waals surface area (Å²) in [5, 5.41) is 0. The molecule has 0 bridgehead atoms. The van der Waals surface area contributed by atoms with Gasteiger partial charge < -0.3 is 4.74 Å². The van der Waals surface area contributed by atoms with Gasteiger partial charge in [0.2, 0.25) is 0 Å². The summed E-state index contributed by atoms with van der Waals surface area (Å²) in [4.78, 5) is 4.81. The van der Waals surface area contributed by atoms with E-state index in [1.807, 2.05) is 18.3 Å². The van der Waals surface area contributed by atoms with Crippen molar-refractivity contribution in [2.24, 2.45) is 11.8 Å². The van der Waals surface area contributed by atoms with E-state index in [-0.39, 0.29) is 11.7 Å². The zero-order chi connectivity index (χ0) is 22.0. The lowest BCUT2D eigenvalue weighted by Crippen LogP contribution is -2.19. The monoisotopic (exact) mass is 425 g/mol. The number of pyridine rings is 1. The molecule has 1 aromatic carbocycles. The summed E-state index contributed by atoms with van der Waals surface area (Å²) < 4.78 is 30.6. The van der Waals surface area contributed by atoms with Gasteiger partial charge in [0, 0.05) is 6.20 Å². The average Bonchev–Trinajstić information content (AvgIpc) is 3.24. The maximum absolute atomic E-state index is 12.9. The van der Waals surface area contributed by atoms with Crippen molar-refractivity contribution in [1.82, 2.24) is 4.98 Å². The van der Waals surface area contributed by atoms with E-state index in [0.29, 0.717) is 11.8 Å². The highest BCUT2D eigenvalue weighted by atomic mass is 19.3. The zero-order valence-corrected chi connectivity index (χ0v) is 18.8. The van der Waals surface area contributed by atoms with E-state index < -0.39 is 6.61 Å². The van der Waals surface area contributed by atoms with Crippen molar-refractivity contribution in [2.45, 2.75) is 78.2 Å². The normalized spacial score (nSPS) is 22.0. The van der Waals surface area contributed by atoms with Gasteiger partial charge in [0.15, 0.2) is 0 Å². The van der Waals surface area contributed by atoms with E-state index in [1.54, 1.807) is 6.07 Å². The molecule has 4 heteroatoms. The van der Waals surface area contributed by atoms with Gasteiger partial charge in [-0.2, -0.15) is 8.78 Å². The van der Waals surface area contributed by atoms with Crippen molar-refractivity contribution in [3.05, 3.63) is 58.9 Å². The molecule has 2 aliphatic rings. The van der Waals surface area contributed by atoms with Crippen LogP contribution in [0.25, 0.3) is 11.1 Å². The summed E-state index contributed by atoms with van der Waals surface area (Å²) in [6.45, 7) is 3.74. The van der Waals surface area contributed by atoms with Crippen molar-refractivity contribution in [1.29, 1.82) is 0 Å². The first-order valence-electron chi connectivity index (χ1n) is 11.7. The topological polar surface area (TPSA) is 22.1 Å². The van der Waals surface area contributed by atoms with E-state index in [4.69, 9.17) is 9.72 Å². The first-order chi connectivity index (χ1) is 15.0. The van der Waals surface area contributed by atoms with Crippen LogP contribution in [0, 0.1) is 18.8 Å². The molecule has 2 nitrogen and oxygen atoms in total. The van der Waals surface area contributed by atoms with Crippen LogP contribution >= 0.6 is 0 Å².